The van der Waals surface area contributed by atoms with Gasteiger partial charge in [-0.2, -0.15) is 0 Å². The van der Waals surface area contributed by atoms with Crippen molar-refractivity contribution in [1.82, 2.24) is 4.72 Å². The number of carboxylic acids is 1. The van der Waals surface area contributed by atoms with Crippen LogP contribution in [0.15, 0.2) is 23.1 Å². The van der Waals surface area contributed by atoms with Gasteiger partial charge in [0.15, 0.2) is 0 Å². The van der Waals surface area contributed by atoms with Crippen LogP contribution in [0.4, 0.5) is 5.69 Å². The molecule has 0 saturated carbocycles. The highest BCUT2D eigenvalue weighted by atomic mass is 32.2. The highest BCUT2D eigenvalue weighted by Crippen LogP contribution is 2.23. The van der Waals surface area contributed by atoms with Crippen LogP contribution in [0.3, 0.4) is 0 Å². The normalized spacial score (nSPS) is 12.8. The maximum absolute atomic E-state index is 12.5. The lowest BCUT2D eigenvalue weighted by atomic mass is 10.2. The molecule has 23 heavy (non-hydrogen) atoms. The number of aliphatic hydroxyl groups is 1. The molecule has 130 valence electrons. The summed E-state index contributed by atoms with van der Waals surface area (Å²) in [5, 5.41) is 20.8. The molecule has 0 unspecified atom stereocenters. The average molecular weight is 346 g/mol. The molecule has 0 aliphatic rings. The molecule has 0 spiro atoms. The predicted molar refractivity (Wildman–Crippen MR) is 85.3 cm³/mol. The molecule has 1 rings (SSSR count). The number of ether oxygens (including phenoxy) is 1. The Balaban J connectivity index is 3.16. The standard InChI is InChI=1S/C14H22N2O6S/c1-10(9-22-2)16-23(20,21)13-8-11(14(18)19)4-5-12(13)15-6-3-7-17/h4-5,8,10,15-17H,3,6-7,9H2,1-2H3,(H,18,19)/t10-/m1/s1. The molecule has 0 aromatic heterocycles. The highest BCUT2D eigenvalue weighted by molar-refractivity contribution is 7.89. The van der Waals surface area contributed by atoms with E-state index in [1.807, 2.05) is 0 Å². The number of sulfonamides is 1. The second-order valence-corrected chi connectivity index (χ2v) is 6.68. The topological polar surface area (TPSA) is 125 Å². The third-order valence-electron chi connectivity index (χ3n) is 2.94. The zero-order valence-corrected chi connectivity index (χ0v) is 13.9. The second kappa shape index (κ2) is 8.82. The number of aromatic carboxylic acids is 1. The minimum Gasteiger partial charge on any atom is -0.478 e. The van der Waals surface area contributed by atoms with E-state index < -0.39 is 22.0 Å². The van der Waals surface area contributed by atoms with Crippen LogP contribution in [0.1, 0.15) is 23.7 Å². The minimum absolute atomic E-state index is 0.0363. The smallest absolute Gasteiger partial charge is 0.335 e. The molecule has 0 aliphatic heterocycles. The van der Waals surface area contributed by atoms with Crippen LogP contribution in [0.25, 0.3) is 0 Å². The summed E-state index contributed by atoms with van der Waals surface area (Å²) >= 11 is 0. The van der Waals surface area contributed by atoms with Gasteiger partial charge in [-0.1, -0.05) is 0 Å². The van der Waals surface area contributed by atoms with Gasteiger partial charge in [0.1, 0.15) is 4.90 Å². The monoisotopic (exact) mass is 346 g/mol. The molecule has 1 aromatic rings. The molecule has 4 N–H and O–H groups in total. The van der Waals surface area contributed by atoms with E-state index in [9.17, 15) is 13.2 Å². The Hall–Kier alpha value is -1.68. The van der Waals surface area contributed by atoms with Gasteiger partial charge >= 0.3 is 5.97 Å². The van der Waals surface area contributed by atoms with Crippen LogP contribution >= 0.6 is 0 Å². The number of carbonyl (C=O) groups is 1. The third kappa shape index (κ3) is 5.79. The number of rotatable bonds is 10. The number of carboxylic acid groups (broad SMARTS) is 1. The molecular weight excluding hydrogens is 324 g/mol. The van der Waals surface area contributed by atoms with E-state index in [2.05, 4.69) is 10.0 Å². The van der Waals surface area contributed by atoms with Gasteiger partial charge < -0.3 is 20.3 Å². The number of methoxy groups -OCH3 is 1. The van der Waals surface area contributed by atoms with Crippen molar-refractivity contribution in [3.05, 3.63) is 23.8 Å². The number of benzene rings is 1. The molecule has 1 aromatic carbocycles. The summed E-state index contributed by atoms with van der Waals surface area (Å²) in [6, 6.07) is 3.35. The Morgan fingerprint density at radius 2 is 2.09 bits per heavy atom. The maximum atomic E-state index is 12.5. The van der Waals surface area contributed by atoms with Crippen LogP contribution in [0.5, 0.6) is 0 Å². The Bertz CT molecular complexity index is 632. The van der Waals surface area contributed by atoms with Gasteiger partial charge in [0.2, 0.25) is 10.0 Å². The van der Waals surface area contributed by atoms with Crippen molar-refractivity contribution in [1.29, 1.82) is 0 Å². The van der Waals surface area contributed by atoms with Gasteiger partial charge in [-0.15, -0.1) is 0 Å². The van der Waals surface area contributed by atoms with Crippen LogP contribution in [-0.2, 0) is 14.8 Å². The van der Waals surface area contributed by atoms with Gasteiger partial charge in [-0.05, 0) is 31.5 Å². The number of anilines is 1. The van der Waals surface area contributed by atoms with E-state index in [1.54, 1.807) is 6.92 Å². The molecule has 9 heteroatoms. The molecule has 0 bridgehead atoms. The van der Waals surface area contributed by atoms with E-state index in [0.717, 1.165) is 6.07 Å². The van der Waals surface area contributed by atoms with Crippen molar-refractivity contribution in [3.8, 4) is 0 Å². The average Bonchev–Trinajstić information content (AvgIpc) is 2.47. The molecule has 0 fully saturated rings. The fourth-order valence-electron chi connectivity index (χ4n) is 1.94. The summed E-state index contributed by atoms with van der Waals surface area (Å²) in [6.07, 6.45) is 0.438. The SMILES string of the molecule is COC[C@@H](C)NS(=O)(=O)c1cc(C(=O)O)ccc1NCCCO. The van der Waals surface area contributed by atoms with E-state index in [0.29, 0.717) is 13.0 Å². The minimum atomic E-state index is -3.92. The number of nitrogens with one attached hydrogen (secondary N) is 2. The Morgan fingerprint density at radius 1 is 1.39 bits per heavy atom. The van der Waals surface area contributed by atoms with E-state index in [4.69, 9.17) is 14.9 Å². The van der Waals surface area contributed by atoms with Crippen molar-refractivity contribution in [3.63, 3.8) is 0 Å². The number of hydrogen-bond donors (Lipinski definition) is 4. The fourth-order valence-corrected chi connectivity index (χ4v) is 3.37. The summed E-state index contributed by atoms with van der Waals surface area (Å²) in [5.74, 6) is -1.21. The van der Waals surface area contributed by atoms with Crippen molar-refractivity contribution in [2.24, 2.45) is 0 Å². The van der Waals surface area contributed by atoms with Crippen molar-refractivity contribution in [2.45, 2.75) is 24.3 Å². The molecule has 0 heterocycles. The first kappa shape index (κ1) is 19.4. The van der Waals surface area contributed by atoms with Crippen LogP contribution in [-0.4, -0.2) is 57.5 Å². The van der Waals surface area contributed by atoms with Gasteiger partial charge in [0, 0.05) is 26.3 Å². The number of hydrogen-bond acceptors (Lipinski definition) is 6. The predicted octanol–water partition coefficient (Wildman–Crippen LogP) is 0.492. The Labute approximate surface area is 135 Å². The maximum Gasteiger partial charge on any atom is 0.335 e. The highest BCUT2D eigenvalue weighted by Gasteiger charge is 2.22. The van der Waals surface area contributed by atoms with Crippen LogP contribution in [0, 0.1) is 0 Å². The van der Waals surface area contributed by atoms with Crippen molar-refractivity contribution >= 4 is 21.7 Å². The summed E-state index contributed by atoms with van der Waals surface area (Å²) < 4.78 is 32.3. The first-order valence-electron chi connectivity index (χ1n) is 7.05. The molecule has 0 saturated heterocycles. The number of aliphatic hydroxyl groups excluding tert-OH is 1. The summed E-state index contributed by atoms with van der Waals surface area (Å²) in [6.45, 7) is 2.15. The lowest BCUT2D eigenvalue weighted by Crippen LogP contribution is -2.36. The van der Waals surface area contributed by atoms with Gasteiger partial charge in [-0.25, -0.2) is 17.9 Å². The van der Waals surface area contributed by atoms with Crippen molar-refractivity contribution in [2.75, 3.05) is 32.2 Å². The summed E-state index contributed by atoms with van der Waals surface area (Å²) in [7, 11) is -2.47. The van der Waals surface area contributed by atoms with E-state index in [1.165, 1.54) is 19.2 Å². The molecule has 8 nitrogen and oxygen atoms in total. The summed E-state index contributed by atoms with van der Waals surface area (Å²) in [5.41, 5.74) is 0.151. The van der Waals surface area contributed by atoms with E-state index >= 15 is 0 Å². The molecule has 1 atom stereocenters. The third-order valence-corrected chi connectivity index (χ3v) is 4.57. The Kier molecular flexibility index (Phi) is 7.43. The second-order valence-electron chi connectivity index (χ2n) is 5.00. The van der Waals surface area contributed by atoms with Gasteiger partial charge in [-0.3, -0.25) is 0 Å². The zero-order valence-electron chi connectivity index (χ0n) is 13.1. The van der Waals surface area contributed by atoms with Crippen LogP contribution < -0.4 is 10.0 Å². The Morgan fingerprint density at radius 3 is 2.65 bits per heavy atom. The molecule has 0 radical (unpaired) electrons. The quantitative estimate of drug-likeness (QED) is 0.454. The molecular formula is C14H22N2O6S. The van der Waals surface area contributed by atoms with Gasteiger partial charge in [0.25, 0.3) is 0 Å². The zero-order chi connectivity index (χ0) is 17.5. The first-order valence-corrected chi connectivity index (χ1v) is 8.53. The molecule has 0 aliphatic carbocycles. The summed E-state index contributed by atoms with van der Waals surface area (Å²) in [4.78, 5) is 10.9. The lowest BCUT2D eigenvalue weighted by molar-refractivity contribution is 0.0696. The van der Waals surface area contributed by atoms with Crippen LogP contribution in [0.2, 0.25) is 0 Å². The van der Waals surface area contributed by atoms with Gasteiger partial charge in [0.05, 0.1) is 17.9 Å². The van der Waals surface area contributed by atoms with E-state index in [-0.39, 0.29) is 29.4 Å². The first-order chi connectivity index (χ1) is 10.8. The molecule has 0 amide bonds. The fraction of sp³-hybridized carbons (Fsp3) is 0.500. The van der Waals surface area contributed by atoms with Crippen molar-refractivity contribution < 1.29 is 28.2 Å². The largest absolute Gasteiger partial charge is 0.478 e. The lowest BCUT2D eigenvalue weighted by Gasteiger charge is -2.17.